The van der Waals surface area contributed by atoms with Gasteiger partial charge in [0.2, 0.25) is 11.8 Å². The molecule has 0 atom stereocenters. The highest BCUT2D eigenvalue weighted by atomic mass is 32.2. The van der Waals surface area contributed by atoms with Gasteiger partial charge in [0.1, 0.15) is 17.3 Å². The minimum Gasteiger partial charge on any atom is -0.325 e. The summed E-state index contributed by atoms with van der Waals surface area (Å²) in [5, 5.41) is 4.87. The number of sulfone groups is 1. The second kappa shape index (κ2) is 9.94. The molecule has 0 bridgehead atoms. The van der Waals surface area contributed by atoms with Gasteiger partial charge in [-0.3, -0.25) is 14.6 Å². The molecule has 2 aromatic carbocycles. The molecule has 0 saturated carbocycles. The van der Waals surface area contributed by atoms with E-state index in [4.69, 9.17) is 0 Å². The largest absolute Gasteiger partial charge is 0.325 e. The van der Waals surface area contributed by atoms with Crippen LogP contribution in [0.5, 0.6) is 0 Å². The fraction of sp³-hybridized carbons (Fsp3) is 0.136. The van der Waals surface area contributed by atoms with Crippen LogP contribution in [0, 0.1) is 5.82 Å². The van der Waals surface area contributed by atoms with E-state index in [-0.39, 0.29) is 5.69 Å². The van der Waals surface area contributed by atoms with Crippen molar-refractivity contribution in [1.82, 2.24) is 4.98 Å². The molecule has 1 aromatic heterocycles. The van der Waals surface area contributed by atoms with Crippen molar-refractivity contribution >= 4 is 33.0 Å². The summed E-state index contributed by atoms with van der Waals surface area (Å²) >= 11 is 0. The van der Waals surface area contributed by atoms with Gasteiger partial charge in [-0.2, -0.15) is 0 Å². The van der Waals surface area contributed by atoms with E-state index >= 15 is 0 Å². The Morgan fingerprint density at radius 2 is 1.19 bits per heavy atom. The predicted molar refractivity (Wildman–Crippen MR) is 116 cm³/mol. The second-order valence-electron chi connectivity index (χ2n) is 6.86. The Hall–Kier alpha value is -3.59. The number of hydrogen-bond acceptors (Lipinski definition) is 5. The van der Waals surface area contributed by atoms with Crippen molar-refractivity contribution in [2.24, 2.45) is 0 Å². The number of pyridine rings is 1. The Morgan fingerprint density at radius 3 is 1.71 bits per heavy atom. The van der Waals surface area contributed by atoms with E-state index in [0.717, 1.165) is 23.3 Å². The van der Waals surface area contributed by atoms with E-state index in [1.165, 1.54) is 12.1 Å². The molecule has 0 aliphatic carbocycles. The molecule has 0 unspecified atom stereocenters. The van der Waals surface area contributed by atoms with Crippen LogP contribution >= 0.6 is 0 Å². The number of carbonyl (C=O) groups excluding carboxylic acids is 2. The lowest BCUT2D eigenvalue weighted by molar-refractivity contribution is -0.114. The van der Waals surface area contributed by atoms with Crippen LogP contribution in [0.2, 0.25) is 0 Å². The summed E-state index contributed by atoms with van der Waals surface area (Å²) in [5.74, 6) is -3.71. The van der Waals surface area contributed by atoms with Gasteiger partial charge >= 0.3 is 0 Å². The third-order valence-electron chi connectivity index (χ3n) is 4.23. The highest BCUT2D eigenvalue weighted by molar-refractivity contribution is 7.92. The number of aromatic nitrogens is 1. The second-order valence-corrected chi connectivity index (χ2v) is 8.93. The van der Waals surface area contributed by atoms with Crippen LogP contribution in [0.1, 0.15) is 11.1 Å². The van der Waals surface area contributed by atoms with Crippen LogP contribution in [-0.4, -0.2) is 36.7 Å². The van der Waals surface area contributed by atoms with Gasteiger partial charge in [-0.1, -0.05) is 12.1 Å². The third kappa shape index (κ3) is 7.31. The van der Waals surface area contributed by atoms with Gasteiger partial charge in [-0.25, -0.2) is 12.8 Å². The Labute approximate surface area is 179 Å². The van der Waals surface area contributed by atoms with Crippen molar-refractivity contribution in [1.29, 1.82) is 0 Å². The van der Waals surface area contributed by atoms with E-state index in [0.29, 0.717) is 12.1 Å². The number of nitrogens with one attached hydrogen (secondary N) is 2. The topological polar surface area (TPSA) is 105 Å². The van der Waals surface area contributed by atoms with Gasteiger partial charge in [-0.15, -0.1) is 0 Å². The standard InChI is InChI=1S/C22H20FN3O4S/c23-18-3-7-20(8-4-18)26-22(28)15-31(29,30)14-21(27)25-19-5-1-16(2-6-19)13-17-9-11-24-12-10-17/h1-12H,13-15H2,(H,25,27)(H,26,28). The molecule has 3 rings (SSSR count). The normalized spacial score (nSPS) is 11.0. The summed E-state index contributed by atoms with van der Waals surface area (Å²) < 4.78 is 37.2. The van der Waals surface area contributed by atoms with Crippen LogP contribution in [0.4, 0.5) is 15.8 Å². The van der Waals surface area contributed by atoms with Gasteiger partial charge in [0.05, 0.1) is 0 Å². The molecule has 2 N–H and O–H groups in total. The molecule has 0 spiro atoms. The molecule has 7 nitrogen and oxygen atoms in total. The van der Waals surface area contributed by atoms with Crippen molar-refractivity contribution in [3.05, 3.63) is 90.0 Å². The zero-order chi connectivity index (χ0) is 22.3. The molecule has 31 heavy (non-hydrogen) atoms. The molecular formula is C22H20FN3O4S. The van der Waals surface area contributed by atoms with E-state index in [2.05, 4.69) is 15.6 Å². The van der Waals surface area contributed by atoms with Crippen molar-refractivity contribution < 1.29 is 22.4 Å². The molecule has 0 radical (unpaired) electrons. The van der Waals surface area contributed by atoms with E-state index in [9.17, 15) is 22.4 Å². The molecule has 0 fully saturated rings. The smallest absolute Gasteiger partial charge is 0.239 e. The quantitative estimate of drug-likeness (QED) is 0.559. The first kappa shape index (κ1) is 22.1. The number of carbonyl (C=O) groups is 2. The Bertz CT molecular complexity index is 1150. The van der Waals surface area contributed by atoms with E-state index in [1.54, 1.807) is 24.5 Å². The van der Waals surface area contributed by atoms with Gasteiger partial charge in [0, 0.05) is 23.8 Å². The summed E-state index contributed by atoms with van der Waals surface area (Å²) in [6.07, 6.45) is 4.13. The average Bonchev–Trinajstić information content (AvgIpc) is 2.71. The molecular weight excluding hydrogens is 421 g/mol. The summed E-state index contributed by atoms with van der Waals surface area (Å²) in [5.41, 5.74) is 2.83. The zero-order valence-electron chi connectivity index (χ0n) is 16.4. The first-order valence-corrected chi connectivity index (χ1v) is 11.1. The van der Waals surface area contributed by atoms with E-state index < -0.39 is 39.0 Å². The summed E-state index contributed by atoms with van der Waals surface area (Å²) in [6.45, 7) is 0. The van der Waals surface area contributed by atoms with Crippen molar-refractivity contribution in [2.45, 2.75) is 6.42 Å². The van der Waals surface area contributed by atoms with Crippen LogP contribution in [0.25, 0.3) is 0 Å². The maximum atomic E-state index is 12.9. The fourth-order valence-electron chi connectivity index (χ4n) is 2.82. The maximum absolute atomic E-state index is 12.9. The lowest BCUT2D eigenvalue weighted by atomic mass is 10.1. The third-order valence-corrected chi connectivity index (χ3v) is 5.63. The lowest BCUT2D eigenvalue weighted by Gasteiger charge is -2.08. The van der Waals surface area contributed by atoms with Crippen LogP contribution in [0.3, 0.4) is 0 Å². The molecule has 2 amide bonds. The van der Waals surface area contributed by atoms with Crippen molar-refractivity contribution in [3.8, 4) is 0 Å². The summed E-state index contributed by atoms with van der Waals surface area (Å²) in [7, 11) is -3.98. The summed E-state index contributed by atoms with van der Waals surface area (Å²) in [6, 6.07) is 15.8. The van der Waals surface area contributed by atoms with Crippen molar-refractivity contribution in [2.75, 3.05) is 22.1 Å². The Balaban J connectivity index is 1.50. The lowest BCUT2D eigenvalue weighted by Crippen LogP contribution is -2.30. The number of nitrogens with zero attached hydrogens (tertiary/aromatic N) is 1. The Morgan fingerprint density at radius 1 is 0.742 bits per heavy atom. The predicted octanol–water partition coefficient (Wildman–Crippen LogP) is 2.80. The van der Waals surface area contributed by atoms with Crippen LogP contribution in [-0.2, 0) is 25.8 Å². The first-order chi connectivity index (χ1) is 14.8. The molecule has 9 heteroatoms. The molecule has 0 aliphatic rings. The monoisotopic (exact) mass is 441 g/mol. The number of amides is 2. The van der Waals surface area contributed by atoms with Crippen LogP contribution < -0.4 is 10.6 Å². The summed E-state index contributed by atoms with van der Waals surface area (Å²) in [4.78, 5) is 28.0. The first-order valence-electron chi connectivity index (χ1n) is 9.33. The molecule has 3 aromatic rings. The number of hydrogen-bond donors (Lipinski definition) is 2. The van der Waals surface area contributed by atoms with Crippen molar-refractivity contribution in [3.63, 3.8) is 0 Å². The highest BCUT2D eigenvalue weighted by Crippen LogP contribution is 2.14. The molecule has 160 valence electrons. The van der Waals surface area contributed by atoms with Gasteiger partial charge in [0.25, 0.3) is 0 Å². The SMILES string of the molecule is O=C(CS(=O)(=O)CC(=O)Nc1ccc(Cc2ccncc2)cc1)Nc1ccc(F)cc1. The van der Waals surface area contributed by atoms with E-state index in [1.807, 2.05) is 24.3 Å². The molecule has 0 saturated heterocycles. The minimum absolute atomic E-state index is 0.262. The zero-order valence-corrected chi connectivity index (χ0v) is 17.2. The number of anilines is 2. The number of benzene rings is 2. The highest BCUT2D eigenvalue weighted by Gasteiger charge is 2.21. The van der Waals surface area contributed by atoms with Gasteiger partial charge < -0.3 is 10.6 Å². The fourth-order valence-corrected chi connectivity index (χ4v) is 3.87. The Kier molecular flexibility index (Phi) is 7.09. The van der Waals surface area contributed by atoms with Crippen LogP contribution in [0.15, 0.2) is 73.1 Å². The maximum Gasteiger partial charge on any atom is 0.239 e. The molecule has 1 heterocycles. The number of rotatable bonds is 8. The minimum atomic E-state index is -3.98. The average molecular weight is 441 g/mol. The van der Waals surface area contributed by atoms with Gasteiger partial charge in [-0.05, 0) is 66.1 Å². The number of halogens is 1. The van der Waals surface area contributed by atoms with Gasteiger partial charge in [0.15, 0.2) is 9.84 Å². The molecule has 0 aliphatic heterocycles.